The predicted octanol–water partition coefficient (Wildman–Crippen LogP) is 2.12. The molecule has 1 aromatic rings. The van der Waals surface area contributed by atoms with E-state index in [1.165, 1.54) is 0 Å². The van der Waals surface area contributed by atoms with Crippen molar-refractivity contribution < 1.29 is 14.6 Å². The maximum atomic E-state index is 9.25. The molecule has 106 valence electrons. The molecule has 0 radical (unpaired) electrons. The fourth-order valence-corrected chi connectivity index (χ4v) is 1.69. The molecular formula is C15H23NO3. The average Bonchev–Trinajstić information content (AvgIpc) is 2.38. The molecule has 0 unspecified atom stereocenters. The molecule has 0 aliphatic rings. The maximum absolute atomic E-state index is 9.25. The monoisotopic (exact) mass is 265 g/mol. The quantitative estimate of drug-likeness (QED) is 0.672. The Labute approximate surface area is 115 Å². The normalized spacial score (nSPS) is 11.9. The smallest absolute Gasteiger partial charge is 0.166 e. The van der Waals surface area contributed by atoms with Gasteiger partial charge in [-0.15, -0.1) is 0 Å². The largest absolute Gasteiger partial charge is 0.490 e. The lowest BCUT2D eigenvalue weighted by molar-refractivity contribution is 0.190. The minimum absolute atomic E-state index is 0.368. The summed E-state index contributed by atoms with van der Waals surface area (Å²) < 4.78 is 11.2. The Morgan fingerprint density at radius 3 is 2.84 bits per heavy atom. The zero-order valence-corrected chi connectivity index (χ0v) is 11.7. The molecule has 1 aromatic carbocycles. The van der Waals surface area contributed by atoms with Crippen molar-refractivity contribution in [3.05, 3.63) is 36.4 Å². The van der Waals surface area contributed by atoms with Crippen LogP contribution < -0.4 is 14.8 Å². The van der Waals surface area contributed by atoms with Gasteiger partial charge < -0.3 is 19.9 Å². The Kier molecular flexibility index (Phi) is 7.00. The number of aliphatic hydroxyl groups is 1. The highest BCUT2D eigenvalue weighted by molar-refractivity contribution is 5.46. The lowest BCUT2D eigenvalue weighted by atomic mass is 10.2. The van der Waals surface area contributed by atoms with Crippen LogP contribution in [0.25, 0.3) is 0 Å². The number of para-hydroxylation sites is 1. The fourth-order valence-electron chi connectivity index (χ4n) is 1.69. The summed E-state index contributed by atoms with van der Waals surface area (Å²) in [5.41, 5.74) is 1.01. The number of aliphatic hydroxyl groups excluding tert-OH is 1. The Morgan fingerprint density at radius 1 is 1.42 bits per heavy atom. The maximum Gasteiger partial charge on any atom is 0.166 e. The van der Waals surface area contributed by atoms with E-state index < -0.39 is 0 Å². The summed E-state index contributed by atoms with van der Waals surface area (Å²) in [5.74, 6) is 1.48. The standard InChI is InChI=1S/C15H23NO3/c1-4-9-19-15-13(11-16-10-12(3)17)7-6-8-14(15)18-5-2/h4,6-8,12,16-17H,1,5,9-11H2,2-3H3/t12-/m1/s1. The molecule has 0 saturated heterocycles. The van der Waals surface area contributed by atoms with Crippen molar-refractivity contribution in [3.63, 3.8) is 0 Å². The molecule has 4 heteroatoms. The highest BCUT2D eigenvalue weighted by Gasteiger charge is 2.10. The Bertz CT molecular complexity index is 391. The van der Waals surface area contributed by atoms with E-state index >= 15 is 0 Å². The molecule has 4 nitrogen and oxygen atoms in total. The summed E-state index contributed by atoms with van der Waals surface area (Å²) in [6.07, 6.45) is 1.34. The van der Waals surface area contributed by atoms with Gasteiger partial charge in [0.2, 0.25) is 0 Å². The van der Waals surface area contributed by atoms with E-state index in [1.54, 1.807) is 13.0 Å². The number of ether oxygens (including phenoxy) is 2. The van der Waals surface area contributed by atoms with Gasteiger partial charge in [-0.2, -0.15) is 0 Å². The van der Waals surface area contributed by atoms with Crippen molar-refractivity contribution in [1.82, 2.24) is 5.32 Å². The van der Waals surface area contributed by atoms with Crippen molar-refractivity contribution in [2.24, 2.45) is 0 Å². The van der Waals surface area contributed by atoms with Crippen LogP contribution in [0.5, 0.6) is 11.5 Å². The third-order valence-corrected chi connectivity index (χ3v) is 2.46. The summed E-state index contributed by atoms with van der Waals surface area (Å²) in [6.45, 7) is 9.54. The van der Waals surface area contributed by atoms with Crippen molar-refractivity contribution >= 4 is 0 Å². The zero-order valence-electron chi connectivity index (χ0n) is 11.7. The van der Waals surface area contributed by atoms with Gasteiger partial charge in [0.05, 0.1) is 12.7 Å². The second-order valence-electron chi connectivity index (χ2n) is 4.26. The summed E-state index contributed by atoms with van der Waals surface area (Å²) in [5, 5.41) is 12.4. The van der Waals surface area contributed by atoms with Crippen LogP contribution in [0, 0.1) is 0 Å². The van der Waals surface area contributed by atoms with Gasteiger partial charge >= 0.3 is 0 Å². The molecule has 2 N–H and O–H groups in total. The van der Waals surface area contributed by atoms with E-state index in [9.17, 15) is 5.11 Å². The van der Waals surface area contributed by atoms with Gasteiger partial charge in [0.25, 0.3) is 0 Å². The zero-order chi connectivity index (χ0) is 14.1. The Hall–Kier alpha value is -1.52. The summed E-state index contributed by atoms with van der Waals surface area (Å²) >= 11 is 0. The fraction of sp³-hybridized carbons (Fsp3) is 0.467. The molecule has 0 aromatic heterocycles. The Balaban J connectivity index is 2.81. The van der Waals surface area contributed by atoms with Gasteiger partial charge in [0, 0.05) is 18.7 Å². The molecular weight excluding hydrogens is 242 g/mol. The minimum Gasteiger partial charge on any atom is -0.490 e. The van der Waals surface area contributed by atoms with Crippen LogP contribution in [-0.2, 0) is 6.54 Å². The number of rotatable bonds is 9. The predicted molar refractivity (Wildman–Crippen MR) is 76.7 cm³/mol. The van der Waals surface area contributed by atoms with Crippen molar-refractivity contribution in [2.75, 3.05) is 19.8 Å². The van der Waals surface area contributed by atoms with Crippen molar-refractivity contribution in [3.8, 4) is 11.5 Å². The lowest BCUT2D eigenvalue weighted by Gasteiger charge is -2.16. The Morgan fingerprint density at radius 2 is 2.21 bits per heavy atom. The number of benzene rings is 1. The first-order valence-corrected chi connectivity index (χ1v) is 6.56. The molecule has 19 heavy (non-hydrogen) atoms. The lowest BCUT2D eigenvalue weighted by Crippen LogP contribution is -2.24. The van der Waals surface area contributed by atoms with Gasteiger partial charge in [-0.1, -0.05) is 24.8 Å². The molecule has 0 fully saturated rings. The molecule has 0 saturated carbocycles. The number of hydrogen-bond donors (Lipinski definition) is 2. The first-order valence-electron chi connectivity index (χ1n) is 6.56. The van der Waals surface area contributed by atoms with Crippen LogP contribution in [0.4, 0.5) is 0 Å². The number of nitrogens with one attached hydrogen (secondary N) is 1. The topological polar surface area (TPSA) is 50.7 Å². The van der Waals surface area contributed by atoms with Gasteiger partial charge in [-0.25, -0.2) is 0 Å². The minimum atomic E-state index is -0.368. The van der Waals surface area contributed by atoms with Crippen LogP contribution in [0.3, 0.4) is 0 Å². The van der Waals surface area contributed by atoms with E-state index in [0.717, 1.165) is 17.1 Å². The van der Waals surface area contributed by atoms with Crippen LogP contribution in [0.15, 0.2) is 30.9 Å². The third-order valence-electron chi connectivity index (χ3n) is 2.46. The van der Waals surface area contributed by atoms with E-state index in [-0.39, 0.29) is 6.10 Å². The van der Waals surface area contributed by atoms with Crippen LogP contribution in [0.2, 0.25) is 0 Å². The van der Waals surface area contributed by atoms with Gasteiger partial charge in [0.1, 0.15) is 6.61 Å². The average molecular weight is 265 g/mol. The van der Waals surface area contributed by atoms with Gasteiger partial charge in [-0.3, -0.25) is 0 Å². The molecule has 0 heterocycles. The SMILES string of the molecule is C=CCOc1c(CNC[C@@H](C)O)cccc1OCC. The summed E-state index contributed by atoms with van der Waals surface area (Å²) in [6, 6.07) is 5.81. The van der Waals surface area contributed by atoms with E-state index in [4.69, 9.17) is 9.47 Å². The highest BCUT2D eigenvalue weighted by atomic mass is 16.5. The van der Waals surface area contributed by atoms with Gasteiger partial charge in [-0.05, 0) is 19.9 Å². The molecule has 1 rings (SSSR count). The molecule has 1 atom stereocenters. The van der Waals surface area contributed by atoms with E-state index in [0.29, 0.717) is 26.3 Å². The second kappa shape index (κ2) is 8.56. The van der Waals surface area contributed by atoms with Crippen LogP contribution >= 0.6 is 0 Å². The van der Waals surface area contributed by atoms with E-state index in [1.807, 2.05) is 25.1 Å². The molecule has 0 aliphatic heterocycles. The van der Waals surface area contributed by atoms with Crippen LogP contribution in [-0.4, -0.2) is 31.0 Å². The summed E-state index contributed by atoms with van der Waals surface area (Å²) in [7, 11) is 0. The molecule has 0 spiro atoms. The van der Waals surface area contributed by atoms with Crippen molar-refractivity contribution in [2.45, 2.75) is 26.5 Å². The highest BCUT2D eigenvalue weighted by Crippen LogP contribution is 2.31. The molecule has 0 aliphatic carbocycles. The van der Waals surface area contributed by atoms with Gasteiger partial charge in [0.15, 0.2) is 11.5 Å². The van der Waals surface area contributed by atoms with Crippen molar-refractivity contribution in [1.29, 1.82) is 0 Å². The molecule has 0 bridgehead atoms. The molecule has 0 amide bonds. The van der Waals surface area contributed by atoms with E-state index in [2.05, 4.69) is 11.9 Å². The first kappa shape index (κ1) is 15.5. The van der Waals surface area contributed by atoms with Crippen LogP contribution in [0.1, 0.15) is 19.4 Å². The third kappa shape index (κ3) is 5.32. The second-order valence-corrected chi connectivity index (χ2v) is 4.26. The first-order chi connectivity index (χ1) is 9.19. The number of hydrogen-bond acceptors (Lipinski definition) is 4. The summed E-state index contributed by atoms with van der Waals surface area (Å²) in [4.78, 5) is 0.